The molecule has 0 fully saturated rings. The summed E-state index contributed by atoms with van der Waals surface area (Å²) in [6, 6.07) is 134. The molecular weight excluding hydrogens is 1260 g/mol. The molecule has 494 valence electrons. The average Bonchev–Trinajstić information content (AvgIpc) is 0.853. The van der Waals surface area contributed by atoms with Crippen molar-refractivity contribution >= 4 is 137 Å². The highest BCUT2D eigenvalue weighted by Gasteiger charge is 2.48. The van der Waals surface area contributed by atoms with Crippen LogP contribution in [-0.4, -0.2) is 27.4 Å². The highest BCUT2D eigenvalue weighted by atomic mass is 28.3. The predicted octanol–water partition coefficient (Wildman–Crippen LogP) is 17.2. The smallest absolute Gasteiger partial charge is 0.252 e. The Labute approximate surface area is 604 Å². The summed E-state index contributed by atoms with van der Waals surface area (Å²) in [7, 11) is -6.16. The molecule has 3 nitrogen and oxygen atoms in total. The third kappa shape index (κ3) is 10.6. The van der Waals surface area contributed by atoms with Crippen LogP contribution >= 0.6 is 0 Å². The third-order valence-corrected chi connectivity index (χ3v) is 31.7. The van der Waals surface area contributed by atoms with E-state index in [9.17, 15) is 0 Å². The lowest BCUT2D eigenvalue weighted by Crippen LogP contribution is -2.75. The van der Waals surface area contributed by atoms with Crippen LogP contribution in [-0.2, 0) is 16.2 Å². The van der Waals surface area contributed by atoms with E-state index < -0.39 is 16.1 Å². The van der Waals surface area contributed by atoms with Crippen molar-refractivity contribution in [1.82, 2.24) is 4.57 Å². The molecule has 102 heavy (non-hydrogen) atoms. The summed E-state index contributed by atoms with van der Waals surface area (Å²) in [4.78, 5) is 5.33. The molecule has 0 radical (unpaired) electrons. The summed E-state index contributed by atoms with van der Waals surface area (Å²) in [6.07, 6.45) is 0. The number of aromatic nitrogens is 1. The molecule has 0 saturated heterocycles. The molecule has 15 aromatic rings. The molecule has 2 aliphatic heterocycles. The van der Waals surface area contributed by atoms with Gasteiger partial charge in [-0.25, -0.2) is 0 Å². The molecule has 14 aromatic carbocycles. The number of fused-ring (bicyclic) bond motifs is 7. The van der Waals surface area contributed by atoms with Crippen LogP contribution in [0.4, 0.5) is 34.1 Å². The Morgan fingerprint density at radius 1 is 0.245 bits per heavy atom. The Kier molecular flexibility index (Phi) is 15.7. The maximum atomic E-state index is 2.67. The van der Waals surface area contributed by atoms with E-state index in [1.54, 1.807) is 0 Å². The van der Waals surface area contributed by atoms with Crippen LogP contribution in [0.25, 0.3) is 38.6 Å². The zero-order valence-electron chi connectivity index (χ0n) is 59.8. The van der Waals surface area contributed by atoms with Crippen LogP contribution in [0, 0.1) is 0 Å². The molecule has 3 heterocycles. The molecule has 1 aromatic heterocycles. The lowest BCUT2D eigenvalue weighted by molar-refractivity contribution is 0.590. The zero-order chi connectivity index (χ0) is 69.7. The van der Waals surface area contributed by atoms with Crippen LogP contribution in [0.2, 0.25) is 0 Å². The van der Waals surface area contributed by atoms with Gasteiger partial charge in [0.15, 0.2) is 16.1 Å². The first-order valence-corrected chi connectivity index (χ1v) is 40.3. The number of nitrogens with zero attached hydrogens (tertiary/aromatic N) is 3. The van der Waals surface area contributed by atoms with Gasteiger partial charge in [-0.1, -0.05) is 335 Å². The van der Waals surface area contributed by atoms with Crippen LogP contribution in [0.3, 0.4) is 0 Å². The summed E-state index contributed by atoms with van der Waals surface area (Å²) in [5.41, 5.74) is 20.2. The second-order valence-corrected chi connectivity index (χ2v) is 38.9. The van der Waals surface area contributed by atoms with Gasteiger partial charge in [0.1, 0.15) is 0 Å². The van der Waals surface area contributed by atoms with E-state index in [-0.39, 0.29) is 23.0 Å². The molecule has 0 spiro atoms. The summed E-state index contributed by atoms with van der Waals surface area (Å²) in [5, 5.41) is 13.2. The van der Waals surface area contributed by atoms with Gasteiger partial charge in [-0.15, -0.1) is 0 Å². The van der Waals surface area contributed by atoms with E-state index in [0.29, 0.717) is 0 Å². The molecule has 0 bridgehead atoms. The highest BCUT2D eigenvalue weighted by Crippen LogP contribution is 2.48. The Balaban J connectivity index is 1.03. The molecule has 0 saturated carbocycles. The second kappa shape index (κ2) is 24.9. The molecule has 0 N–H and O–H groups in total. The van der Waals surface area contributed by atoms with Crippen molar-refractivity contribution < 1.29 is 0 Å². The Bertz CT molecular complexity index is 5360. The van der Waals surface area contributed by atoms with Gasteiger partial charge in [-0.2, -0.15) is 0 Å². The third-order valence-electron chi connectivity index (χ3n) is 22.1. The van der Waals surface area contributed by atoms with Crippen LogP contribution in [0.15, 0.2) is 346 Å². The van der Waals surface area contributed by atoms with Gasteiger partial charge in [0.2, 0.25) is 0 Å². The predicted molar refractivity (Wildman–Crippen MR) is 444 cm³/mol. The molecule has 0 unspecified atom stereocenters. The van der Waals surface area contributed by atoms with Crippen molar-refractivity contribution in [2.24, 2.45) is 0 Å². The van der Waals surface area contributed by atoms with Gasteiger partial charge in [-0.05, 0) is 175 Å². The van der Waals surface area contributed by atoms with Crippen LogP contribution in [0.1, 0.15) is 79.0 Å². The van der Waals surface area contributed by atoms with Crippen molar-refractivity contribution in [2.75, 3.05) is 9.80 Å². The summed E-state index contributed by atoms with van der Waals surface area (Å²) < 4.78 is 2.60. The van der Waals surface area contributed by atoms with E-state index in [2.05, 4.69) is 422 Å². The lowest BCUT2D eigenvalue weighted by Gasteiger charge is -2.45. The van der Waals surface area contributed by atoms with E-state index >= 15 is 0 Å². The van der Waals surface area contributed by atoms with Gasteiger partial charge in [-0.3, -0.25) is 0 Å². The summed E-state index contributed by atoms with van der Waals surface area (Å²) in [5.74, 6) is 0. The number of rotatable bonds is 12. The lowest BCUT2D eigenvalue weighted by atomic mass is 9.33. The first kappa shape index (κ1) is 64.4. The fraction of sp³-hybridized carbons (Fsp3) is 0.125. The standard InChI is InChI=1S/C96H84BN3Si2/c1-94(2,3)69-49-53-72(54-50-69)98-90-66-82(102(78-41-25-14-26-42-78,79-43-27-15-28-44-79)80-45-29-16-30-46-80)55-56-85(90)97-86-60-68(67-32-17-10-18-33-67)48-57-89(86)99(73-34-31-47-81(63-73)101(75-35-19-11-20-36-75,76-37-21-12-22-38-76)77-39-23-13-24-40-77)92-65-74(64-91(98)93(92)97)100-87-58-51-70(95(4,5)6)61-83(87)84-62-71(96(7,8)9)52-59-88(84)100/h10-66H,1-9H3. The average molecular weight is 1350 g/mol. The van der Waals surface area contributed by atoms with Crippen molar-refractivity contribution in [3.63, 3.8) is 0 Å². The van der Waals surface area contributed by atoms with Crippen molar-refractivity contribution in [1.29, 1.82) is 0 Å². The number of benzene rings is 14. The fourth-order valence-corrected chi connectivity index (χ4v) is 26.6. The Morgan fingerprint density at radius 2 is 0.637 bits per heavy atom. The molecule has 17 rings (SSSR count). The van der Waals surface area contributed by atoms with E-state index in [1.807, 2.05) is 0 Å². The molecule has 0 aliphatic carbocycles. The first-order chi connectivity index (χ1) is 49.5. The van der Waals surface area contributed by atoms with Crippen molar-refractivity contribution in [3.8, 4) is 16.8 Å². The summed E-state index contributed by atoms with van der Waals surface area (Å²) in [6.45, 7) is 20.8. The van der Waals surface area contributed by atoms with E-state index in [1.165, 1.54) is 113 Å². The fourth-order valence-electron chi connectivity index (χ4n) is 17.1. The summed E-state index contributed by atoms with van der Waals surface area (Å²) >= 11 is 0. The number of anilines is 6. The van der Waals surface area contributed by atoms with E-state index in [0.717, 1.165) is 34.1 Å². The van der Waals surface area contributed by atoms with Crippen LogP contribution < -0.4 is 67.7 Å². The highest BCUT2D eigenvalue weighted by molar-refractivity contribution is 7.20. The molecular formula is C96H84BN3Si2. The topological polar surface area (TPSA) is 11.4 Å². The number of hydrogen-bond acceptors (Lipinski definition) is 2. The molecule has 0 amide bonds. The molecule has 2 aliphatic rings. The molecule has 0 atom stereocenters. The van der Waals surface area contributed by atoms with Gasteiger partial charge >= 0.3 is 0 Å². The van der Waals surface area contributed by atoms with Crippen LogP contribution in [0.5, 0.6) is 0 Å². The maximum absolute atomic E-state index is 3.11. The maximum Gasteiger partial charge on any atom is 0.252 e. The normalized spacial score (nSPS) is 13.1. The van der Waals surface area contributed by atoms with Gasteiger partial charge in [0.25, 0.3) is 6.71 Å². The van der Waals surface area contributed by atoms with Crippen molar-refractivity contribution in [3.05, 3.63) is 362 Å². The number of hydrogen-bond donors (Lipinski definition) is 0. The van der Waals surface area contributed by atoms with Crippen molar-refractivity contribution in [2.45, 2.75) is 78.6 Å². The monoisotopic (exact) mass is 1350 g/mol. The zero-order valence-corrected chi connectivity index (χ0v) is 61.8. The quantitative estimate of drug-likeness (QED) is 0.0892. The Hall–Kier alpha value is -11.0. The minimum Gasteiger partial charge on any atom is -0.311 e. The van der Waals surface area contributed by atoms with Gasteiger partial charge in [0.05, 0.1) is 16.7 Å². The second-order valence-electron chi connectivity index (χ2n) is 31.3. The minimum absolute atomic E-state index is 0.0721. The minimum atomic E-state index is -3.11. The SMILES string of the molecule is CC(C)(C)c1ccc(N2c3cc([Si](c4ccccc4)(c4ccccc4)c4ccccc4)ccc3B3c4cc(-c5ccccc5)ccc4N(c4cccc([Si](c5ccccc5)(c5ccccc5)c5ccccc5)c4)c4cc(-n5c6ccc(C(C)(C)C)cc6c6cc(C(C)(C)C)ccc65)cc2c43)cc1. The van der Waals surface area contributed by atoms with Gasteiger partial charge in [0, 0.05) is 44.9 Å². The largest absolute Gasteiger partial charge is 0.311 e. The van der Waals surface area contributed by atoms with Gasteiger partial charge < -0.3 is 14.4 Å². The molecule has 6 heteroatoms. The van der Waals surface area contributed by atoms with E-state index in [4.69, 9.17) is 0 Å². The first-order valence-electron chi connectivity index (χ1n) is 36.3. The Morgan fingerprint density at radius 3 is 1.07 bits per heavy atom.